The molecule has 7 nitrogen and oxygen atoms in total. The summed E-state index contributed by atoms with van der Waals surface area (Å²) >= 11 is 0. The van der Waals surface area contributed by atoms with Crippen LogP contribution in [0, 0.1) is 18.6 Å². The van der Waals surface area contributed by atoms with E-state index in [0.717, 1.165) is 11.5 Å². The summed E-state index contributed by atoms with van der Waals surface area (Å²) in [7, 11) is 0. The van der Waals surface area contributed by atoms with Gasteiger partial charge in [0.05, 0.1) is 18.2 Å². The zero-order valence-electron chi connectivity index (χ0n) is 22.1. The third-order valence-electron chi connectivity index (χ3n) is 6.97. The number of hydrogen-bond acceptors (Lipinski definition) is 4. The second kappa shape index (κ2) is 11.5. The van der Waals surface area contributed by atoms with E-state index < -0.39 is 29.5 Å². The fourth-order valence-corrected chi connectivity index (χ4v) is 5.03. The van der Waals surface area contributed by atoms with Gasteiger partial charge in [-0.1, -0.05) is 36.4 Å². The van der Waals surface area contributed by atoms with E-state index in [4.69, 9.17) is 5.73 Å². The first-order chi connectivity index (χ1) is 19.7. The molecular formula is C32H26F2N4O3. The summed E-state index contributed by atoms with van der Waals surface area (Å²) in [5.74, 6) is -2.58. The van der Waals surface area contributed by atoms with Crippen LogP contribution < -0.4 is 16.6 Å². The molecule has 41 heavy (non-hydrogen) atoms. The van der Waals surface area contributed by atoms with E-state index in [-0.39, 0.29) is 24.0 Å². The minimum atomic E-state index is -0.836. The van der Waals surface area contributed by atoms with Gasteiger partial charge in [0.25, 0.3) is 5.56 Å². The fraction of sp³-hybridized carbons (Fsp3) is 0.125. The van der Waals surface area contributed by atoms with Crippen molar-refractivity contribution >= 4 is 22.7 Å². The molecule has 0 fully saturated rings. The first-order valence-corrected chi connectivity index (χ1v) is 12.9. The predicted octanol–water partition coefficient (Wildman–Crippen LogP) is 4.92. The highest BCUT2D eigenvalue weighted by atomic mass is 19.1. The van der Waals surface area contributed by atoms with Gasteiger partial charge in [0.2, 0.25) is 11.8 Å². The molecule has 0 radical (unpaired) electrons. The molecule has 9 heteroatoms. The number of nitrogens with zero attached hydrogens (tertiary/aromatic N) is 1. The van der Waals surface area contributed by atoms with Gasteiger partial charge < -0.3 is 16.0 Å². The predicted molar refractivity (Wildman–Crippen MR) is 152 cm³/mol. The first-order valence-electron chi connectivity index (χ1n) is 12.9. The number of aryl methyl sites for hydroxylation is 1. The number of primary amides is 1. The molecule has 0 aliphatic carbocycles. The van der Waals surface area contributed by atoms with E-state index in [1.807, 2.05) is 18.2 Å². The smallest absolute Gasteiger partial charge is 0.252 e. The highest BCUT2D eigenvalue weighted by Crippen LogP contribution is 2.30. The van der Waals surface area contributed by atoms with Crippen molar-refractivity contribution in [2.75, 3.05) is 0 Å². The number of carbonyl (C=O) groups is 2. The molecule has 1 atom stereocenters. The number of halogens is 2. The molecule has 0 saturated carbocycles. The maximum absolute atomic E-state index is 14.1. The van der Waals surface area contributed by atoms with Gasteiger partial charge in [-0.3, -0.25) is 19.4 Å². The standard InChI is InChI=1S/C32H26F2N4O3/c1-18-24-8-2-3-10-27(24)38-32(41)26(18)17-29(39)37-28(14-19-12-22(33)16-23(34)13-19)30-25(9-5-11-36-30)20-6-4-7-21(15-20)31(35)40/h2-13,15-16,28H,14,17H2,1H3,(H2,35,40)(H,37,39)(H,38,41)/t28-/m0/s1. The molecule has 2 aromatic heterocycles. The van der Waals surface area contributed by atoms with E-state index in [0.29, 0.717) is 39.0 Å². The van der Waals surface area contributed by atoms with Crippen LogP contribution in [0.3, 0.4) is 0 Å². The molecule has 2 amide bonds. The summed E-state index contributed by atoms with van der Waals surface area (Å²) in [5.41, 5.74) is 8.99. The zero-order valence-corrected chi connectivity index (χ0v) is 22.1. The van der Waals surface area contributed by atoms with Gasteiger partial charge in [0, 0.05) is 39.9 Å². The van der Waals surface area contributed by atoms with Crippen LogP contribution in [0.5, 0.6) is 0 Å². The summed E-state index contributed by atoms with van der Waals surface area (Å²) < 4.78 is 28.2. The van der Waals surface area contributed by atoms with Crippen LogP contribution in [0.25, 0.3) is 22.0 Å². The largest absolute Gasteiger partial charge is 0.366 e. The summed E-state index contributed by atoms with van der Waals surface area (Å²) in [6.07, 6.45) is 1.33. The molecule has 0 bridgehead atoms. The Morgan fingerprint density at radius 2 is 1.73 bits per heavy atom. The average Bonchev–Trinajstić information content (AvgIpc) is 2.94. The fourth-order valence-electron chi connectivity index (χ4n) is 5.03. The molecule has 3 aromatic carbocycles. The number of hydrogen-bond donors (Lipinski definition) is 3. The van der Waals surface area contributed by atoms with Crippen molar-refractivity contribution in [1.82, 2.24) is 15.3 Å². The van der Waals surface area contributed by atoms with Crippen molar-refractivity contribution in [3.63, 3.8) is 0 Å². The number of aromatic nitrogens is 2. The van der Waals surface area contributed by atoms with Crippen LogP contribution in [0.4, 0.5) is 8.78 Å². The lowest BCUT2D eigenvalue weighted by Gasteiger charge is -2.22. The van der Waals surface area contributed by atoms with E-state index >= 15 is 0 Å². The molecule has 4 N–H and O–H groups in total. The minimum absolute atomic E-state index is 0.00695. The Balaban J connectivity index is 1.54. The molecule has 0 saturated heterocycles. The molecule has 0 aliphatic rings. The maximum Gasteiger partial charge on any atom is 0.252 e. The summed E-state index contributed by atoms with van der Waals surface area (Å²) in [4.78, 5) is 45.5. The lowest BCUT2D eigenvalue weighted by Crippen LogP contribution is -2.34. The van der Waals surface area contributed by atoms with Gasteiger partial charge in [0.15, 0.2) is 0 Å². The second-order valence-electron chi connectivity index (χ2n) is 9.76. The van der Waals surface area contributed by atoms with Crippen LogP contribution in [0.15, 0.2) is 89.9 Å². The van der Waals surface area contributed by atoms with E-state index in [2.05, 4.69) is 15.3 Å². The van der Waals surface area contributed by atoms with Gasteiger partial charge in [0.1, 0.15) is 11.6 Å². The molecule has 206 valence electrons. The number of amides is 2. The molecule has 2 heterocycles. The summed E-state index contributed by atoms with van der Waals surface area (Å²) in [5, 5.41) is 3.75. The Hall–Kier alpha value is -5.18. The number of nitrogens with two attached hydrogens (primary N) is 1. The SMILES string of the molecule is Cc1c(CC(=O)N[C@@H](Cc2cc(F)cc(F)c2)c2ncccc2-c2cccc(C(N)=O)c2)c(=O)[nH]c2ccccc12. The summed E-state index contributed by atoms with van der Waals surface area (Å²) in [6.45, 7) is 1.79. The lowest BCUT2D eigenvalue weighted by molar-refractivity contribution is -0.121. The van der Waals surface area contributed by atoms with Crippen LogP contribution in [-0.2, 0) is 17.6 Å². The van der Waals surface area contributed by atoms with Gasteiger partial charge in [-0.2, -0.15) is 0 Å². The van der Waals surface area contributed by atoms with Crippen LogP contribution >= 0.6 is 0 Å². The number of H-pyrrole nitrogens is 1. The summed E-state index contributed by atoms with van der Waals surface area (Å²) in [6, 6.07) is 19.7. The van der Waals surface area contributed by atoms with Crippen molar-refractivity contribution in [3.8, 4) is 11.1 Å². The topological polar surface area (TPSA) is 118 Å². The van der Waals surface area contributed by atoms with Gasteiger partial charge in [-0.15, -0.1) is 0 Å². The van der Waals surface area contributed by atoms with E-state index in [9.17, 15) is 23.2 Å². The average molecular weight is 553 g/mol. The minimum Gasteiger partial charge on any atom is -0.366 e. The number of nitrogens with one attached hydrogen (secondary N) is 2. The molecular weight excluding hydrogens is 526 g/mol. The van der Waals surface area contributed by atoms with Crippen molar-refractivity contribution < 1.29 is 18.4 Å². The monoisotopic (exact) mass is 552 g/mol. The number of para-hydroxylation sites is 1. The van der Waals surface area contributed by atoms with Crippen LogP contribution in [0.2, 0.25) is 0 Å². The molecule has 5 aromatic rings. The Labute approximate surface area is 234 Å². The van der Waals surface area contributed by atoms with Crippen molar-refractivity contribution in [1.29, 1.82) is 0 Å². The zero-order chi connectivity index (χ0) is 29.1. The van der Waals surface area contributed by atoms with Gasteiger partial charge in [-0.05, 0) is 66.4 Å². The van der Waals surface area contributed by atoms with Crippen molar-refractivity contribution in [2.24, 2.45) is 5.73 Å². The third-order valence-corrected chi connectivity index (χ3v) is 6.97. The van der Waals surface area contributed by atoms with Gasteiger partial charge >= 0.3 is 0 Å². The molecule has 0 unspecified atom stereocenters. The number of carbonyl (C=O) groups excluding carboxylic acids is 2. The molecule has 0 aliphatic heterocycles. The number of aromatic amines is 1. The van der Waals surface area contributed by atoms with Crippen molar-refractivity contribution in [3.05, 3.63) is 135 Å². The van der Waals surface area contributed by atoms with E-state index in [1.165, 1.54) is 12.1 Å². The highest BCUT2D eigenvalue weighted by Gasteiger charge is 2.23. The van der Waals surface area contributed by atoms with Crippen LogP contribution in [0.1, 0.15) is 38.8 Å². The Bertz CT molecular complexity index is 1830. The number of pyridine rings is 2. The first kappa shape index (κ1) is 27.4. The lowest BCUT2D eigenvalue weighted by atomic mass is 9.94. The normalized spacial score (nSPS) is 11.8. The van der Waals surface area contributed by atoms with Gasteiger partial charge in [-0.25, -0.2) is 8.78 Å². The highest BCUT2D eigenvalue weighted by molar-refractivity contribution is 5.94. The molecule has 5 rings (SSSR count). The Morgan fingerprint density at radius 3 is 2.49 bits per heavy atom. The third kappa shape index (κ3) is 6.04. The second-order valence-corrected chi connectivity index (χ2v) is 9.76. The maximum atomic E-state index is 14.1. The Kier molecular flexibility index (Phi) is 7.69. The number of benzene rings is 3. The van der Waals surface area contributed by atoms with Crippen molar-refractivity contribution in [2.45, 2.75) is 25.8 Å². The van der Waals surface area contributed by atoms with Crippen LogP contribution in [-0.4, -0.2) is 21.8 Å². The molecule has 0 spiro atoms. The van der Waals surface area contributed by atoms with E-state index in [1.54, 1.807) is 55.6 Å². The number of rotatable bonds is 8. The number of fused-ring (bicyclic) bond motifs is 1. The Morgan fingerprint density at radius 1 is 0.976 bits per heavy atom. The quantitative estimate of drug-likeness (QED) is 0.253.